The van der Waals surface area contributed by atoms with Crippen LogP contribution in [0.5, 0.6) is 0 Å². The molecule has 2 aromatic carbocycles. The summed E-state index contributed by atoms with van der Waals surface area (Å²) in [7, 11) is -2.34. The Kier molecular flexibility index (Phi) is 7.21. The summed E-state index contributed by atoms with van der Waals surface area (Å²) >= 11 is 5.56. The van der Waals surface area contributed by atoms with Gasteiger partial charge in [0.15, 0.2) is 0 Å². The van der Waals surface area contributed by atoms with E-state index in [-0.39, 0.29) is 22.8 Å². The van der Waals surface area contributed by atoms with Crippen molar-refractivity contribution in [2.45, 2.75) is 48.5 Å². The first-order chi connectivity index (χ1) is 18.2. The highest BCUT2D eigenvalue weighted by Gasteiger charge is 2.47. The molecule has 2 unspecified atom stereocenters. The average Bonchev–Trinajstić information content (AvgIpc) is 3.39. The zero-order valence-electron chi connectivity index (χ0n) is 21.1. The third kappa shape index (κ3) is 4.68. The molecule has 2 aromatic heterocycles. The second-order valence-electron chi connectivity index (χ2n) is 9.72. The Bertz CT molecular complexity index is 1610. The molecule has 2 N–H and O–H groups in total. The Labute approximate surface area is 227 Å². The number of imidazole rings is 1. The second kappa shape index (κ2) is 10.4. The first-order valence-electron chi connectivity index (χ1n) is 12.6. The molecule has 8 nitrogen and oxygen atoms in total. The van der Waals surface area contributed by atoms with Crippen molar-refractivity contribution >= 4 is 49.6 Å². The third-order valence-corrected chi connectivity index (χ3v) is 9.80. The zero-order chi connectivity index (χ0) is 26.9. The molecule has 0 amide bonds. The molecule has 5 rings (SSSR count). The maximum absolute atomic E-state index is 13.3. The minimum atomic E-state index is -3.81. The first kappa shape index (κ1) is 26.3. The van der Waals surface area contributed by atoms with Crippen molar-refractivity contribution in [2.24, 2.45) is 5.73 Å². The molecule has 198 valence electrons. The van der Waals surface area contributed by atoms with E-state index in [0.29, 0.717) is 18.2 Å². The number of sulfonamides is 1. The lowest BCUT2D eigenvalue weighted by atomic mass is 9.67. The van der Waals surface area contributed by atoms with Crippen molar-refractivity contribution in [3.05, 3.63) is 78.8 Å². The smallest absolute Gasteiger partial charge is 0.307 e. The number of rotatable bonds is 8. The van der Waals surface area contributed by atoms with Gasteiger partial charge in [-0.15, -0.1) is 0 Å². The van der Waals surface area contributed by atoms with Crippen LogP contribution in [0.1, 0.15) is 37.7 Å². The fourth-order valence-corrected chi connectivity index (χ4v) is 7.15. The summed E-state index contributed by atoms with van der Waals surface area (Å²) in [6.45, 7) is -0.0157. The van der Waals surface area contributed by atoms with Crippen molar-refractivity contribution in [3.8, 4) is 0 Å². The predicted octanol–water partition coefficient (Wildman–Crippen LogP) is 4.21. The quantitative estimate of drug-likeness (QED) is 0.259. The number of hydrogen-bond donors (Lipinski definition) is 1. The van der Waals surface area contributed by atoms with Crippen LogP contribution in [0.2, 0.25) is 0 Å². The van der Waals surface area contributed by atoms with Gasteiger partial charge in [-0.25, -0.2) is 17.7 Å². The summed E-state index contributed by atoms with van der Waals surface area (Å²) in [6, 6.07) is 16.3. The molecule has 1 aliphatic rings. The molecule has 1 fully saturated rings. The molecule has 0 spiro atoms. The number of nitrogens with zero attached hydrogens (tertiary/aromatic N) is 3. The topological polar surface area (TPSA) is 107 Å². The van der Waals surface area contributed by atoms with E-state index in [1.165, 1.54) is 11.4 Å². The lowest BCUT2D eigenvalue weighted by Gasteiger charge is -2.43. The van der Waals surface area contributed by atoms with Gasteiger partial charge in [-0.05, 0) is 42.3 Å². The monoisotopic (exact) mass is 550 g/mol. The minimum absolute atomic E-state index is 0.0157. The summed E-state index contributed by atoms with van der Waals surface area (Å²) in [5.74, 6) is -0.485. The Hall–Kier alpha value is -3.34. The number of pyridine rings is 1. The van der Waals surface area contributed by atoms with Gasteiger partial charge in [0, 0.05) is 37.6 Å². The van der Waals surface area contributed by atoms with Crippen molar-refractivity contribution < 1.29 is 17.9 Å². The van der Waals surface area contributed by atoms with Crippen molar-refractivity contribution in [1.82, 2.24) is 13.7 Å². The third-order valence-electron chi connectivity index (χ3n) is 7.52. The molecule has 1 aliphatic carbocycles. The number of thiocarbonyl (C=S) groups is 1. The maximum Gasteiger partial charge on any atom is 0.307 e. The molecular formula is C28H30N4O4S2. The number of hydrogen-bond acceptors (Lipinski definition) is 6. The molecule has 4 aromatic rings. The lowest BCUT2D eigenvalue weighted by molar-refractivity contribution is -0.153. The van der Waals surface area contributed by atoms with E-state index in [0.717, 1.165) is 29.4 Å². The molecule has 0 aliphatic heterocycles. The Balaban J connectivity index is 1.33. The van der Waals surface area contributed by atoms with Crippen molar-refractivity contribution in [3.63, 3.8) is 0 Å². The molecule has 0 radical (unpaired) electrons. The van der Waals surface area contributed by atoms with Gasteiger partial charge in [0.05, 0.1) is 21.7 Å². The summed E-state index contributed by atoms with van der Waals surface area (Å²) in [5, 5.41) is 1.48. The standard InChI is InChI=1S/C28H30N4O4S2/c1-31(38(34,35)23-10-6-8-20-7-2-3-9-22(20)23)17-14-26(33)36-24-11-4-5-15-28(24,27(29)37)21-12-13-25-30-16-18-32(25)19-21/h2-3,6-10,12-13,16,18-19,24H,4-5,11,14-15,17H2,1H3,(H2,29,37). The molecule has 10 heteroatoms. The van der Waals surface area contributed by atoms with E-state index in [9.17, 15) is 13.2 Å². The largest absolute Gasteiger partial charge is 0.461 e. The molecule has 1 saturated carbocycles. The molecular weight excluding hydrogens is 520 g/mol. The maximum atomic E-state index is 13.3. The van der Waals surface area contributed by atoms with E-state index < -0.39 is 27.5 Å². The molecule has 0 bridgehead atoms. The van der Waals surface area contributed by atoms with E-state index in [1.807, 2.05) is 53.2 Å². The highest BCUT2D eigenvalue weighted by atomic mass is 32.2. The van der Waals surface area contributed by atoms with Gasteiger partial charge in [0.1, 0.15) is 11.8 Å². The number of carbonyl (C=O) groups is 1. The Morgan fingerprint density at radius 3 is 2.79 bits per heavy atom. The summed E-state index contributed by atoms with van der Waals surface area (Å²) in [4.78, 5) is 17.9. The van der Waals surface area contributed by atoms with Gasteiger partial charge in [-0.3, -0.25) is 4.79 Å². The van der Waals surface area contributed by atoms with Crippen LogP contribution in [-0.4, -0.2) is 52.8 Å². The van der Waals surface area contributed by atoms with Crippen LogP contribution in [0.15, 0.2) is 78.1 Å². The first-order valence-corrected chi connectivity index (χ1v) is 14.4. The number of nitrogens with two attached hydrogens (primary N) is 1. The molecule has 0 saturated heterocycles. The molecule has 2 atom stereocenters. The van der Waals surface area contributed by atoms with Crippen molar-refractivity contribution in [1.29, 1.82) is 0 Å². The number of ether oxygens (including phenoxy) is 1. The van der Waals surface area contributed by atoms with Crippen LogP contribution in [-0.2, 0) is 25.0 Å². The van der Waals surface area contributed by atoms with Gasteiger partial charge in [0.2, 0.25) is 10.0 Å². The normalized spacial score (nSPS) is 20.1. The van der Waals surface area contributed by atoms with Crippen molar-refractivity contribution in [2.75, 3.05) is 13.6 Å². The van der Waals surface area contributed by atoms with Crippen LogP contribution in [0.25, 0.3) is 16.4 Å². The number of carbonyl (C=O) groups excluding carboxylic acids is 1. The highest BCUT2D eigenvalue weighted by molar-refractivity contribution is 7.89. The molecule has 2 heterocycles. The fraction of sp³-hybridized carbons (Fsp3) is 0.321. The van der Waals surface area contributed by atoms with E-state index in [2.05, 4.69) is 4.98 Å². The highest BCUT2D eigenvalue weighted by Crippen LogP contribution is 2.42. The van der Waals surface area contributed by atoms with Gasteiger partial charge in [0.25, 0.3) is 0 Å². The summed E-state index contributed by atoms with van der Waals surface area (Å²) < 4.78 is 35.8. The Morgan fingerprint density at radius 1 is 1.18 bits per heavy atom. The van der Waals surface area contributed by atoms with E-state index in [4.69, 9.17) is 22.7 Å². The second-order valence-corrected chi connectivity index (χ2v) is 12.2. The fourth-order valence-electron chi connectivity index (χ4n) is 5.41. The predicted molar refractivity (Wildman–Crippen MR) is 150 cm³/mol. The van der Waals surface area contributed by atoms with Crippen LogP contribution in [0.3, 0.4) is 0 Å². The number of fused-ring (bicyclic) bond motifs is 2. The van der Waals surface area contributed by atoms with Gasteiger partial charge < -0.3 is 14.9 Å². The van der Waals surface area contributed by atoms with E-state index >= 15 is 0 Å². The summed E-state index contributed by atoms with van der Waals surface area (Å²) in [5.41, 5.74) is 7.21. The van der Waals surface area contributed by atoms with Gasteiger partial charge in [-0.1, -0.05) is 61.1 Å². The number of esters is 1. The van der Waals surface area contributed by atoms with Crippen LogP contribution < -0.4 is 5.73 Å². The average molecular weight is 551 g/mol. The lowest BCUT2D eigenvalue weighted by Crippen LogP contribution is -2.53. The number of aromatic nitrogens is 2. The SMILES string of the molecule is CN(CCC(=O)OC1CCCCC1(C(N)=S)c1ccc2nccn2c1)S(=O)(=O)c1cccc2ccccc12. The zero-order valence-corrected chi connectivity index (χ0v) is 22.7. The number of benzene rings is 2. The minimum Gasteiger partial charge on any atom is -0.461 e. The van der Waals surface area contributed by atoms with Gasteiger partial charge in [-0.2, -0.15) is 0 Å². The molecule has 38 heavy (non-hydrogen) atoms. The summed E-state index contributed by atoms with van der Waals surface area (Å²) in [6.07, 6.45) is 7.94. The Morgan fingerprint density at radius 2 is 1.97 bits per heavy atom. The van der Waals surface area contributed by atoms with Crippen LogP contribution >= 0.6 is 12.2 Å². The van der Waals surface area contributed by atoms with Crippen LogP contribution in [0, 0.1) is 0 Å². The van der Waals surface area contributed by atoms with Crippen LogP contribution in [0.4, 0.5) is 0 Å². The van der Waals surface area contributed by atoms with E-state index in [1.54, 1.807) is 24.4 Å². The van der Waals surface area contributed by atoms with Gasteiger partial charge >= 0.3 is 5.97 Å².